The van der Waals surface area contributed by atoms with Gasteiger partial charge in [-0.1, -0.05) is 35.9 Å². The van der Waals surface area contributed by atoms with E-state index in [4.69, 9.17) is 21.4 Å². The minimum atomic E-state index is -0.0482. The number of para-hydroxylation sites is 1. The summed E-state index contributed by atoms with van der Waals surface area (Å²) in [6, 6.07) is 15.5. The third-order valence-electron chi connectivity index (χ3n) is 4.58. The molecule has 0 fully saturated rings. The molecule has 1 unspecified atom stereocenters. The van der Waals surface area contributed by atoms with E-state index in [0.717, 1.165) is 28.3 Å². The number of hydrogen-bond donors (Lipinski definition) is 1. The Kier molecular flexibility index (Phi) is 5.33. The SMILES string of the molecule is CCOc1ccc(C2SCC(=O)Nc3c2c(C)nn3-c2ccccc2Cl)cc1. The fourth-order valence-electron chi connectivity index (χ4n) is 3.35. The molecule has 0 saturated heterocycles. The lowest BCUT2D eigenvalue weighted by molar-refractivity contribution is -0.113. The first kappa shape index (κ1) is 18.9. The number of rotatable bonds is 4. The predicted molar refractivity (Wildman–Crippen MR) is 114 cm³/mol. The Morgan fingerprint density at radius 3 is 2.71 bits per heavy atom. The minimum absolute atomic E-state index is 0.0131. The number of anilines is 1. The standard InChI is InChI=1S/C21H20ClN3O2S/c1-3-27-15-10-8-14(9-11-15)20-19-13(2)24-25(17-7-5-4-6-16(17)22)21(19)23-18(26)12-28-20/h4-11,20H,3,12H2,1-2H3,(H,23,26). The third kappa shape index (κ3) is 3.50. The Morgan fingerprint density at radius 2 is 2.00 bits per heavy atom. The van der Waals surface area contributed by atoms with E-state index in [1.165, 1.54) is 0 Å². The molecule has 0 saturated carbocycles. The molecular formula is C21H20ClN3O2S. The van der Waals surface area contributed by atoms with Crippen LogP contribution in [0.5, 0.6) is 5.75 Å². The van der Waals surface area contributed by atoms with E-state index in [9.17, 15) is 4.79 Å². The van der Waals surface area contributed by atoms with Crippen molar-refractivity contribution in [2.45, 2.75) is 19.1 Å². The van der Waals surface area contributed by atoms with Crippen molar-refractivity contribution in [3.05, 3.63) is 70.4 Å². The van der Waals surface area contributed by atoms with Gasteiger partial charge in [-0.15, -0.1) is 11.8 Å². The van der Waals surface area contributed by atoms with Crippen molar-refractivity contribution in [2.24, 2.45) is 0 Å². The molecule has 7 heteroatoms. The molecule has 4 rings (SSSR count). The molecule has 0 spiro atoms. The Hall–Kier alpha value is -2.44. The van der Waals surface area contributed by atoms with Gasteiger partial charge in [-0.3, -0.25) is 4.79 Å². The molecule has 0 bridgehead atoms. The highest BCUT2D eigenvalue weighted by atomic mass is 35.5. The van der Waals surface area contributed by atoms with E-state index in [2.05, 4.69) is 17.4 Å². The summed E-state index contributed by atoms with van der Waals surface area (Å²) in [6.45, 7) is 4.56. The average Bonchev–Trinajstić information content (AvgIpc) is 2.89. The molecule has 3 aromatic rings. The third-order valence-corrected chi connectivity index (χ3v) is 6.17. The summed E-state index contributed by atoms with van der Waals surface area (Å²) in [5.74, 6) is 1.84. The second kappa shape index (κ2) is 7.89. The van der Waals surface area contributed by atoms with Gasteiger partial charge < -0.3 is 10.1 Å². The number of nitrogens with zero attached hydrogens (tertiary/aromatic N) is 2. The quantitative estimate of drug-likeness (QED) is 0.653. The van der Waals surface area contributed by atoms with Crippen molar-refractivity contribution in [1.82, 2.24) is 9.78 Å². The van der Waals surface area contributed by atoms with Gasteiger partial charge in [0.05, 0.1) is 34.0 Å². The molecule has 2 heterocycles. The molecule has 1 atom stereocenters. The van der Waals surface area contributed by atoms with Crippen LogP contribution in [0.25, 0.3) is 5.69 Å². The number of aryl methyl sites for hydroxylation is 1. The Balaban J connectivity index is 1.83. The molecule has 1 amide bonds. The average molecular weight is 414 g/mol. The van der Waals surface area contributed by atoms with Crippen molar-refractivity contribution in [3.8, 4) is 11.4 Å². The molecule has 144 valence electrons. The molecule has 1 aliphatic heterocycles. The molecule has 1 N–H and O–H groups in total. The molecule has 28 heavy (non-hydrogen) atoms. The number of nitrogens with one attached hydrogen (secondary N) is 1. The Bertz CT molecular complexity index is 1020. The molecule has 1 aliphatic rings. The minimum Gasteiger partial charge on any atom is -0.494 e. The van der Waals surface area contributed by atoms with Crippen LogP contribution in [0.1, 0.15) is 29.0 Å². The summed E-state index contributed by atoms with van der Waals surface area (Å²) < 4.78 is 7.29. The van der Waals surface area contributed by atoms with Gasteiger partial charge in [-0.25, -0.2) is 4.68 Å². The molecule has 5 nitrogen and oxygen atoms in total. The monoisotopic (exact) mass is 413 g/mol. The first-order chi connectivity index (χ1) is 13.6. The van der Waals surface area contributed by atoms with Crippen LogP contribution in [-0.4, -0.2) is 28.0 Å². The van der Waals surface area contributed by atoms with Crippen molar-refractivity contribution < 1.29 is 9.53 Å². The zero-order valence-electron chi connectivity index (χ0n) is 15.6. The highest BCUT2D eigenvalue weighted by molar-refractivity contribution is 8.00. The fraction of sp³-hybridized carbons (Fsp3) is 0.238. The van der Waals surface area contributed by atoms with E-state index in [0.29, 0.717) is 23.2 Å². The van der Waals surface area contributed by atoms with Crippen molar-refractivity contribution >= 4 is 35.1 Å². The summed E-state index contributed by atoms with van der Waals surface area (Å²) in [5.41, 5.74) is 3.71. The second-order valence-corrected chi connectivity index (χ2v) is 7.95. The first-order valence-electron chi connectivity index (χ1n) is 9.07. The number of aromatic nitrogens is 2. The van der Waals surface area contributed by atoms with Crippen LogP contribution < -0.4 is 10.1 Å². The van der Waals surface area contributed by atoms with Crippen molar-refractivity contribution in [1.29, 1.82) is 0 Å². The zero-order valence-corrected chi connectivity index (χ0v) is 17.2. The number of carbonyl (C=O) groups is 1. The number of thioether (sulfide) groups is 1. The number of amides is 1. The predicted octanol–water partition coefficient (Wildman–Crippen LogP) is 5.01. The summed E-state index contributed by atoms with van der Waals surface area (Å²) in [6.07, 6.45) is 0. The van der Waals surface area contributed by atoms with Crippen LogP contribution in [0.15, 0.2) is 48.5 Å². The van der Waals surface area contributed by atoms with Gasteiger partial charge in [-0.05, 0) is 43.7 Å². The molecule has 0 aliphatic carbocycles. The summed E-state index contributed by atoms with van der Waals surface area (Å²) >= 11 is 7.99. The lowest BCUT2D eigenvalue weighted by Gasteiger charge is -2.16. The number of ether oxygens (including phenoxy) is 1. The maximum Gasteiger partial charge on any atom is 0.235 e. The van der Waals surface area contributed by atoms with Gasteiger partial charge in [0.25, 0.3) is 0 Å². The van der Waals surface area contributed by atoms with Gasteiger partial charge in [-0.2, -0.15) is 5.10 Å². The van der Waals surface area contributed by atoms with Crippen molar-refractivity contribution in [2.75, 3.05) is 17.7 Å². The van der Waals surface area contributed by atoms with E-state index >= 15 is 0 Å². The van der Waals surface area contributed by atoms with Crippen LogP contribution in [0.4, 0.5) is 5.82 Å². The van der Waals surface area contributed by atoms with Crippen LogP contribution in [0.3, 0.4) is 0 Å². The highest BCUT2D eigenvalue weighted by Gasteiger charge is 2.30. The zero-order chi connectivity index (χ0) is 19.7. The van der Waals surface area contributed by atoms with Gasteiger partial charge in [0.2, 0.25) is 5.91 Å². The number of benzene rings is 2. The van der Waals surface area contributed by atoms with Crippen LogP contribution >= 0.6 is 23.4 Å². The number of carbonyl (C=O) groups excluding carboxylic acids is 1. The first-order valence-corrected chi connectivity index (χ1v) is 10.5. The van der Waals surface area contributed by atoms with Crippen LogP contribution in [0.2, 0.25) is 5.02 Å². The number of fused-ring (bicyclic) bond motifs is 1. The lowest BCUT2D eigenvalue weighted by atomic mass is 10.0. The Morgan fingerprint density at radius 1 is 1.25 bits per heavy atom. The van der Waals surface area contributed by atoms with Gasteiger partial charge >= 0.3 is 0 Å². The van der Waals surface area contributed by atoms with Crippen molar-refractivity contribution in [3.63, 3.8) is 0 Å². The summed E-state index contributed by atoms with van der Waals surface area (Å²) in [5, 5.41) is 8.30. The number of hydrogen-bond acceptors (Lipinski definition) is 4. The van der Waals surface area contributed by atoms with E-state index in [1.54, 1.807) is 16.4 Å². The van der Waals surface area contributed by atoms with Gasteiger partial charge in [0.15, 0.2) is 0 Å². The molecule has 0 radical (unpaired) electrons. The second-order valence-electron chi connectivity index (χ2n) is 6.45. The van der Waals surface area contributed by atoms with Crippen LogP contribution in [0, 0.1) is 6.92 Å². The largest absolute Gasteiger partial charge is 0.494 e. The summed E-state index contributed by atoms with van der Waals surface area (Å²) in [4.78, 5) is 12.4. The van der Waals surface area contributed by atoms with E-state index in [1.807, 2.05) is 50.2 Å². The number of halogens is 1. The van der Waals surface area contributed by atoms with Gasteiger partial charge in [0, 0.05) is 5.56 Å². The molecular weight excluding hydrogens is 394 g/mol. The van der Waals surface area contributed by atoms with Crippen LogP contribution in [-0.2, 0) is 4.79 Å². The molecule has 1 aromatic heterocycles. The lowest BCUT2D eigenvalue weighted by Crippen LogP contribution is -2.16. The summed E-state index contributed by atoms with van der Waals surface area (Å²) in [7, 11) is 0. The van der Waals surface area contributed by atoms with E-state index < -0.39 is 0 Å². The molecule has 2 aromatic carbocycles. The smallest absolute Gasteiger partial charge is 0.235 e. The maximum absolute atomic E-state index is 12.4. The van der Waals surface area contributed by atoms with Gasteiger partial charge in [0.1, 0.15) is 11.6 Å². The fourth-order valence-corrected chi connectivity index (χ4v) is 4.75. The Labute approximate surface area is 173 Å². The highest BCUT2D eigenvalue weighted by Crippen LogP contribution is 2.44. The maximum atomic E-state index is 12.4. The van der Waals surface area contributed by atoms with E-state index in [-0.39, 0.29) is 11.2 Å². The normalized spacial score (nSPS) is 16.2. The topological polar surface area (TPSA) is 56.1 Å².